The van der Waals surface area contributed by atoms with E-state index in [1.807, 2.05) is 0 Å². The number of hydrogen-bond acceptors (Lipinski definition) is 0. The lowest BCUT2D eigenvalue weighted by atomic mass is 10.0. The topological polar surface area (TPSA) is 0 Å². The fourth-order valence-electron chi connectivity index (χ4n) is 1.88. The van der Waals surface area contributed by atoms with Crippen LogP contribution in [0.3, 0.4) is 0 Å². The minimum atomic E-state index is 0.274. The Hall–Kier alpha value is -0.340. The van der Waals surface area contributed by atoms with Crippen LogP contribution >= 0.6 is 31.9 Å². The van der Waals surface area contributed by atoms with E-state index in [-0.39, 0.29) is 4.83 Å². The van der Waals surface area contributed by atoms with Gasteiger partial charge in [0.1, 0.15) is 0 Å². The minimum Gasteiger partial charge on any atom is -0.0890 e. The molecule has 0 nitrogen and oxygen atoms in total. The number of hydrogen-bond donors (Lipinski definition) is 0. The highest BCUT2D eigenvalue weighted by molar-refractivity contribution is 9.10. The normalized spacial score (nSPS) is 14.9. The van der Waals surface area contributed by atoms with Crippen LogP contribution in [-0.4, -0.2) is 4.83 Å². The third-order valence-corrected chi connectivity index (χ3v) is 3.86. The molecule has 2 atom stereocenters. The summed E-state index contributed by atoms with van der Waals surface area (Å²) in [5.41, 5.74) is 1.34. The molecule has 2 aromatic rings. The van der Waals surface area contributed by atoms with Gasteiger partial charge in [0.2, 0.25) is 0 Å². The lowest BCUT2D eigenvalue weighted by Crippen LogP contribution is -1.98. The Bertz CT molecular complexity index is 472. The Morgan fingerprint density at radius 2 is 1.69 bits per heavy atom. The van der Waals surface area contributed by atoms with Crippen molar-refractivity contribution in [3.8, 4) is 0 Å². The molecule has 0 heterocycles. The summed E-state index contributed by atoms with van der Waals surface area (Å²) >= 11 is 7.23. The monoisotopic (exact) mass is 339 g/mol. The zero-order valence-corrected chi connectivity index (χ0v) is 12.0. The summed E-state index contributed by atoms with van der Waals surface area (Å²) in [4.78, 5) is 0.622. The molecule has 0 N–H and O–H groups in total. The second-order valence-electron chi connectivity index (χ2n) is 3.87. The first-order chi connectivity index (χ1) is 7.68. The first-order valence-electron chi connectivity index (χ1n) is 5.27. The molecule has 0 aliphatic rings. The fourth-order valence-corrected chi connectivity index (χ4v) is 3.60. The lowest BCUT2D eigenvalue weighted by molar-refractivity contribution is 0.861. The van der Waals surface area contributed by atoms with Crippen LogP contribution in [0.25, 0.3) is 10.8 Å². The molecule has 83 valence electrons. The van der Waals surface area contributed by atoms with Crippen LogP contribution in [0.1, 0.15) is 16.8 Å². The van der Waals surface area contributed by atoms with Crippen LogP contribution in [0.4, 0.5) is 0 Å². The molecule has 0 aromatic heterocycles. The van der Waals surface area contributed by atoms with E-state index in [0.29, 0.717) is 4.83 Å². The van der Waals surface area contributed by atoms with Gasteiger partial charge in [0.05, 0.1) is 0 Å². The van der Waals surface area contributed by atoms with Gasteiger partial charge in [-0.1, -0.05) is 74.3 Å². The Morgan fingerprint density at radius 3 is 2.44 bits per heavy atom. The van der Waals surface area contributed by atoms with Gasteiger partial charge < -0.3 is 0 Å². The van der Waals surface area contributed by atoms with E-state index < -0.39 is 0 Å². The van der Waals surface area contributed by atoms with Crippen molar-refractivity contribution in [2.24, 2.45) is 0 Å². The average molecular weight is 341 g/mol. The molecule has 2 unspecified atom stereocenters. The molecular weight excluding hydrogens is 328 g/mol. The summed E-state index contributed by atoms with van der Waals surface area (Å²) in [6.45, 7) is 3.97. The Morgan fingerprint density at radius 1 is 1.00 bits per heavy atom. The summed E-state index contributed by atoms with van der Waals surface area (Å²) in [6.07, 6.45) is 0.980. The molecule has 0 fully saturated rings. The Labute approximate surface area is 113 Å². The van der Waals surface area contributed by atoms with E-state index in [0.717, 1.165) is 6.42 Å². The highest BCUT2D eigenvalue weighted by Crippen LogP contribution is 2.34. The fraction of sp³-hybridized carbons (Fsp3) is 0.214. The maximum absolute atomic E-state index is 3.97. The van der Waals surface area contributed by atoms with Gasteiger partial charge in [-0.05, 0) is 29.7 Å². The molecule has 2 rings (SSSR count). The maximum atomic E-state index is 3.97. The van der Waals surface area contributed by atoms with E-state index >= 15 is 0 Å². The summed E-state index contributed by atoms with van der Waals surface area (Å²) in [5.74, 6) is 0. The molecule has 16 heavy (non-hydrogen) atoms. The van der Waals surface area contributed by atoms with Gasteiger partial charge in [-0.2, -0.15) is 0 Å². The molecule has 0 saturated heterocycles. The maximum Gasteiger partial charge on any atom is 0.0412 e. The number of rotatable bonds is 3. The zero-order valence-electron chi connectivity index (χ0n) is 8.87. The second-order valence-corrected chi connectivity index (χ2v) is 6.27. The smallest absolute Gasteiger partial charge is 0.0412 e. The van der Waals surface area contributed by atoms with Crippen molar-refractivity contribution in [1.29, 1.82) is 0 Å². The largest absolute Gasteiger partial charge is 0.0890 e. The van der Waals surface area contributed by atoms with Gasteiger partial charge >= 0.3 is 0 Å². The number of alkyl halides is 2. The molecule has 0 aliphatic heterocycles. The predicted octanol–water partition coefficient (Wildman–Crippen LogP) is 5.26. The van der Waals surface area contributed by atoms with Gasteiger partial charge in [-0.3, -0.25) is 0 Å². The summed E-state index contributed by atoms with van der Waals surface area (Å²) < 4.78 is 0. The average Bonchev–Trinajstić information content (AvgIpc) is 2.27. The van der Waals surface area contributed by atoms with Gasteiger partial charge in [0.25, 0.3) is 0 Å². The number of halogens is 2. The van der Waals surface area contributed by atoms with E-state index in [2.05, 4.69) is 81.2 Å². The molecule has 2 heteroatoms. The van der Waals surface area contributed by atoms with Crippen molar-refractivity contribution in [2.45, 2.75) is 16.1 Å². The van der Waals surface area contributed by atoms with E-state index in [1.54, 1.807) is 0 Å². The van der Waals surface area contributed by atoms with Crippen LogP contribution in [0, 0.1) is 6.92 Å². The van der Waals surface area contributed by atoms with Crippen molar-refractivity contribution in [1.82, 2.24) is 0 Å². The van der Waals surface area contributed by atoms with Crippen molar-refractivity contribution >= 4 is 42.6 Å². The van der Waals surface area contributed by atoms with Gasteiger partial charge in [-0.25, -0.2) is 0 Å². The second kappa shape index (κ2) is 5.33. The van der Waals surface area contributed by atoms with Gasteiger partial charge in [0.15, 0.2) is 0 Å². The van der Waals surface area contributed by atoms with Crippen molar-refractivity contribution in [3.05, 3.63) is 55.0 Å². The third-order valence-electron chi connectivity index (χ3n) is 2.62. The van der Waals surface area contributed by atoms with Crippen molar-refractivity contribution in [2.75, 3.05) is 0 Å². The molecule has 0 amide bonds. The predicted molar refractivity (Wildman–Crippen MR) is 78.3 cm³/mol. The molecule has 1 radical (unpaired) electrons. The Kier molecular flexibility index (Phi) is 4.04. The standard InChI is InChI=1S/C14H13Br2/c1-10(15)9-14(16)13-8-4-6-11-5-2-3-7-12(11)13/h2-8,10,14H,1,9H2. The van der Waals surface area contributed by atoms with Crippen LogP contribution < -0.4 is 0 Å². The summed E-state index contributed by atoms with van der Waals surface area (Å²) in [6, 6.07) is 14.9. The van der Waals surface area contributed by atoms with Crippen LogP contribution in [0.5, 0.6) is 0 Å². The first-order valence-corrected chi connectivity index (χ1v) is 7.10. The van der Waals surface area contributed by atoms with E-state index in [4.69, 9.17) is 0 Å². The van der Waals surface area contributed by atoms with Crippen LogP contribution in [0.2, 0.25) is 0 Å². The zero-order chi connectivity index (χ0) is 11.5. The molecule has 0 saturated carbocycles. The van der Waals surface area contributed by atoms with Crippen molar-refractivity contribution in [3.63, 3.8) is 0 Å². The van der Waals surface area contributed by atoms with E-state index in [9.17, 15) is 0 Å². The SMILES string of the molecule is [CH2]C(Br)CC(Br)c1cccc2ccccc12. The molecule has 2 aromatic carbocycles. The molecular formula is C14H13Br2. The van der Waals surface area contributed by atoms with Gasteiger partial charge in [-0.15, -0.1) is 0 Å². The number of fused-ring (bicyclic) bond motifs is 1. The highest BCUT2D eigenvalue weighted by atomic mass is 79.9. The quantitative estimate of drug-likeness (QED) is 0.668. The molecule has 0 bridgehead atoms. The lowest BCUT2D eigenvalue weighted by Gasteiger charge is -2.14. The van der Waals surface area contributed by atoms with Crippen molar-refractivity contribution < 1.29 is 0 Å². The summed E-state index contributed by atoms with van der Waals surface area (Å²) in [7, 11) is 0. The molecule has 0 spiro atoms. The van der Waals surface area contributed by atoms with Gasteiger partial charge in [0, 0.05) is 9.65 Å². The third kappa shape index (κ3) is 2.67. The highest BCUT2D eigenvalue weighted by Gasteiger charge is 2.12. The number of benzene rings is 2. The van der Waals surface area contributed by atoms with Crippen LogP contribution in [0.15, 0.2) is 42.5 Å². The molecule has 0 aliphatic carbocycles. The first kappa shape index (κ1) is 12.1. The van der Waals surface area contributed by atoms with Crippen LogP contribution in [-0.2, 0) is 0 Å². The van der Waals surface area contributed by atoms with E-state index in [1.165, 1.54) is 16.3 Å². The Balaban J connectivity index is 2.44. The summed E-state index contributed by atoms with van der Waals surface area (Å²) in [5, 5.41) is 2.61. The minimum absolute atomic E-state index is 0.274.